The molecule has 0 spiro atoms. The summed E-state index contributed by atoms with van der Waals surface area (Å²) in [6.07, 6.45) is 2.40. The van der Waals surface area contributed by atoms with Crippen molar-refractivity contribution in [3.05, 3.63) is 47.8 Å². The summed E-state index contributed by atoms with van der Waals surface area (Å²) in [4.78, 5) is 35.5. The van der Waals surface area contributed by atoms with Crippen molar-refractivity contribution in [3.8, 4) is 0 Å². The molecule has 0 aliphatic carbocycles. The third kappa shape index (κ3) is 5.17. The van der Waals surface area contributed by atoms with Crippen LogP contribution in [0.5, 0.6) is 0 Å². The van der Waals surface area contributed by atoms with Gasteiger partial charge in [-0.05, 0) is 36.6 Å². The zero-order valence-electron chi connectivity index (χ0n) is 18.0. The van der Waals surface area contributed by atoms with Crippen LogP contribution in [0, 0.1) is 5.92 Å². The van der Waals surface area contributed by atoms with Gasteiger partial charge in [0.1, 0.15) is 10.6 Å². The fourth-order valence-corrected chi connectivity index (χ4v) is 5.19. The lowest BCUT2D eigenvalue weighted by atomic mass is 9.97. The Bertz CT molecular complexity index is 1120. The predicted molar refractivity (Wildman–Crippen MR) is 118 cm³/mol. The lowest BCUT2D eigenvalue weighted by Gasteiger charge is -2.30. The Morgan fingerprint density at radius 2 is 1.75 bits per heavy atom. The van der Waals surface area contributed by atoms with E-state index in [1.54, 1.807) is 38.4 Å². The maximum atomic E-state index is 12.9. The van der Waals surface area contributed by atoms with Crippen molar-refractivity contribution in [3.63, 3.8) is 0 Å². The van der Waals surface area contributed by atoms with Gasteiger partial charge in [0.25, 0.3) is 5.91 Å². The third-order valence-electron chi connectivity index (χ3n) is 5.56. The van der Waals surface area contributed by atoms with Crippen molar-refractivity contribution >= 4 is 33.4 Å². The molecule has 1 aliphatic heterocycles. The van der Waals surface area contributed by atoms with Gasteiger partial charge in [0, 0.05) is 45.0 Å². The van der Waals surface area contributed by atoms with Crippen LogP contribution in [-0.2, 0) is 33.1 Å². The normalized spacial score (nSPS) is 15.3. The van der Waals surface area contributed by atoms with Gasteiger partial charge in [-0.25, -0.2) is 8.42 Å². The van der Waals surface area contributed by atoms with Crippen LogP contribution in [0.15, 0.2) is 41.4 Å². The number of piperidine rings is 1. The third-order valence-corrected chi connectivity index (χ3v) is 7.42. The second kappa shape index (κ2) is 9.53. The standard InChI is InChI=1S/C21H27N5O5S/c1-23-19(27)11-14-3-5-16(6-4-14)24-21(29)15-7-9-26(10-8-15)32(30,31)17-12-18(20(22)28)25(2)13-17/h3-6,12-13,15H,7-11H2,1-2H3,(H2,22,28)(H,23,27)(H,24,29). The van der Waals surface area contributed by atoms with E-state index in [-0.39, 0.29) is 47.8 Å². The number of sulfonamides is 1. The first kappa shape index (κ1) is 23.5. The smallest absolute Gasteiger partial charge is 0.265 e. The molecular formula is C21H27N5O5S. The number of carbonyl (C=O) groups is 3. The molecule has 32 heavy (non-hydrogen) atoms. The summed E-state index contributed by atoms with van der Waals surface area (Å²) in [5.41, 5.74) is 6.83. The van der Waals surface area contributed by atoms with Crippen LogP contribution in [0.3, 0.4) is 0 Å². The molecule has 1 aromatic carbocycles. The van der Waals surface area contributed by atoms with E-state index in [4.69, 9.17) is 5.73 Å². The average molecular weight is 462 g/mol. The van der Waals surface area contributed by atoms with E-state index in [0.29, 0.717) is 18.5 Å². The number of nitrogens with zero attached hydrogens (tertiary/aromatic N) is 2. The zero-order valence-corrected chi connectivity index (χ0v) is 18.8. The number of anilines is 1. The highest BCUT2D eigenvalue weighted by Crippen LogP contribution is 2.26. The molecule has 2 aromatic rings. The number of benzene rings is 1. The van der Waals surface area contributed by atoms with Crippen LogP contribution in [0.4, 0.5) is 5.69 Å². The monoisotopic (exact) mass is 461 g/mol. The molecule has 0 atom stereocenters. The van der Waals surface area contributed by atoms with Crippen molar-refractivity contribution in [1.29, 1.82) is 0 Å². The van der Waals surface area contributed by atoms with Gasteiger partial charge in [0.05, 0.1) is 6.42 Å². The number of rotatable bonds is 7. The molecule has 0 unspecified atom stereocenters. The summed E-state index contributed by atoms with van der Waals surface area (Å²) in [6.45, 7) is 0.401. The fourth-order valence-electron chi connectivity index (χ4n) is 3.65. The van der Waals surface area contributed by atoms with Crippen LogP contribution in [0.2, 0.25) is 0 Å². The molecule has 0 saturated carbocycles. The highest BCUT2D eigenvalue weighted by Gasteiger charge is 2.33. The van der Waals surface area contributed by atoms with Gasteiger partial charge in [-0.3, -0.25) is 14.4 Å². The van der Waals surface area contributed by atoms with Crippen molar-refractivity contribution in [1.82, 2.24) is 14.2 Å². The van der Waals surface area contributed by atoms with Gasteiger partial charge in [0.15, 0.2) is 0 Å². The summed E-state index contributed by atoms with van der Waals surface area (Å²) in [6, 6.07) is 8.30. The van der Waals surface area contributed by atoms with E-state index in [2.05, 4.69) is 10.6 Å². The number of hydrogen-bond donors (Lipinski definition) is 3. The topological polar surface area (TPSA) is 144 Å². The number of hydrogen-bond acceptors (Lipinski definition) is 5. The summed E-state index contributed by atoms with van der Waals surface area (Å²) in [5, 5.41) is 5.41. The maximum Gasteiger partial charge on any atom is 0.265 e. The molecule has 172 valence electrons. The summed E-state index contributed by atoms with van der Waals surface area (Å²) in [7, 11) is -0.651. The van der Waals surface area contributed by atoms with Gasteiger partial charge in [-0.15, -0.1) is 0 Å². The molecular weight excluding hydrogens is 434 g/mol. The largest absolute Gasteiger partial charge is 0.364 e. The molecule has 0 bridgehead atoms. The van der Waals surface area contributed by atoms with E-state index in [0.717, 1.165) is 5.56 Å². The molecule has 1 aromatic heterocycles. The zero-order chi connectivity index (χ0) is 23.5. The van der Waals surface area contributed by atoms with E-state index in [9.17, 15) is 22.8 Å². The summed E-state index contributed by atoms with van der Waals surface area (Å²) in [5.74, 6) is -1.28. The molecule has 3 amide bonds. The first-order chi connectivity index (χ1) is 15.1. The molecule has 0 radical (unpaired) electrons. The minimum Gasteiger partial charge on any atom is -0.364 e. The number of nitrogens with one attached hydrogen (secondary N) is 2. The second-order valence-electron chi connectivity index (χ2n) is 7.75. The number of nitrogens with two attached hydrogens (primary N) is 1. The van der Waals surface area contributed by atoms with Gasteiger partial charge < -0.3 is 20.9 Å². The maximum absolute atomic E-state index is 12.9. The van der Waals surface area contributed by atoms with Crippen molar-refractivity contribution in [2.45, 2.75) is 24.2 Å². The summed E-state index contributed by atoms with van der Waals surface area (Å²) < 4.78 is 28.5. The lowest BCUT2D eigenvalue weighted by molar-refractivity contribution is -0.121. The molecule has 10 nitrogen and oxygen atoms in total. The van der Waals surface area contributed by atoms with E-state index in [1.807, 2.05) is 0 Å². The SMILES string of the molecule is CNC(=O)Cc1ccc(NC(=O)C2CCN(S(=O)(=O)c3cc(C(N)=O)n(C)c3)CC2)cc1. The Hall–Kier alpha value is -3.18. The van der Waals surface area contributed by atoms with Crippen LogP contribution in [0.1, 0.15) is 28.9 Å². The van der Waals surface area contributed by atoms with Crippen LogP contribution < -0.4 is 16.4 Å². The van der Waals surface area contributed by atoms with Crippen LogP contribution >= 0.6 is 0 Å². The minimum absolute atomic E-state index is 0.00791. The number of aryl methyl sites for hydroxylation is 1. The van der Waals surface area contributed by atoms with E-state index in [1.165, 1.54) is 21.1 Å². The molecule has 1 saturated heterocycles. The van der Waals surface area contributed by atoms with E-state index < -0.39 is 15.9 Å². The highest BCUT2D eigenvalue weighted by molar-refractivity contribution is 7.89. The Balaban J connectivity index is 1.58. The average Bonchev–Trinajstić information content (AvgIpc) is 3.18. The Kier molecular flexibility index (Phi) is 6.99. The predicted octanol–water partition coefficient (Wildman–Crippen LogP) is 0.452. The first-order valence-electron chi connectivity index (χ1n) is 10.2. The van der Waals surface area contributed by atoms with Crippen LogP contribution in [0.25, 0.3) is 0 Å². The molecule has 1 fully saturated rings. The number of primary amides is 1. The Morgan fingerprint density at radius 1 is 1.12 bits per heavy atom. The van der Waals surface area contributed by atoms with Crippen molar-refractivity contribution in [2.24, 2.45) is 18.7 Å². The molecule has 3 rings (SSSR count). The number of carbonyl (C=O) groups excluding carboxylic acids is 3. The molecule has 4 N–H and O–H groups in total. The lowest BCUT2D eigenvalue weighted by Crippen LogP contribution is -2.41. The van der Waals surface area contributed by atoms with Gasteiger partial charge in [0.2, 0.25) is 21.8 Å². The Labute approximate surface area is 186 Å². The fraction of sp³-hybridized carbons (Fsp3) is 0.381. The minimum atomic E-state index is -3.78. The molecule has 11 heteroatoms. The number of amides is 3. The summed E-state index contributed by atoms with van der Waals surface area (Å²) >= 11 is 0. The van der Waals surface area contributed by atoms with Gasteiger partial charge >= 0.3 is 0 Å². The van der Waals surface area contributed by atoms with E-state index >= 15 is 0 Å². The quantitative estimate of drug-likeness (QED) is 0.549. The van der Waals surface area contributed by atoms with Gasteiger partial charge in [-0.2, -0.15) is 4.31 Å². The number of likely N-dealkylation sites (N-methyl/N-ethyl adjacent to an activating group) is 1. The Morgan fingerprint density at radius 3 is 2.28 bits per heavy atom. The second-order valence-corrected chi connectivity index (χ2v) is 9.69. The molecule has 2 heterocycles. The highest BCUT2D eigenvalue weighted by atomic mass is 32.2. The van der Waals surface area contributed by atoms with Crippen molar-refractivity contribution in [2.75, 3.05) is 25.5 Å². The van der Waals surface area contributed by atoms with Crippen molar-refractivity contribution < 1.29 is 22.8 Å². The first-order valence-corrected chi connectivity index (χ1v) is 11.6. The van der Waals surface area contributed by atoms with Gasteiger partial charge in [-0.1, -0.05) is 12.1 Å². The van der Waals surface area contributed by atoms with Crippen LogP contribution in [-0.4, -0.2) is 55.1 Å². The number of aromatic nitrogens is 1. The molecule has 1 aliphatic rings.